The second-order valence-electron chi connectivity index (χ2n) is 16.3. The van der Waals surface area contributed by atoms with Gasteiger partial charge in [-0.2, -0.15) is 0 Å². The molecule has 2 aliphatic rings. The Kier molecular flexibility index (Phi) is 17.7. The van der Waals surface area contributed by atoms with Gasteiger partial charge in [-0.1, -0.05) is 156 Å². The summed E-state index contributed by atoms with van der Waals surface area (Å²) in [5.41, 5.74) is 6.93. The van der Waals surface area contributed by atoms with E-state index in [0.717, 1.165) is 71.5 Å². The number of aromatic amines is 1. The molecule has 0 saturated carbocycles. The van der Waals surface area contributed by atoms with Crippen LogP contribution in [0.4, 0.5) is 0 Å². The molecule has 4 N–H and O–H groups in total. The molecule has 1 saturated heterocycles. The first kappa shape index (κ1) is 45.0. The molecule has 6 rings (SSSR count). The monoisotopic (exact) mass is 829 g/mol. The van der Waals surface area contributed by atoms with Gasteiger partial charge in [0.05, 0.1) is 23.2 Å². The third-order valence-corrected chi connectivity index (χ3v) is 11.5. The Bertz CT molecular complexity index is 2050. The van der Waals surface area contributed by atoms with Gasteiger partial charge < -0.3 is 30.3 Å². The first-order valence-electron chi connectivity index (χ1n) is 22.6. The van der Waals surface area contributed by atoms with E-state index < -0.39 is 12.1 Å². The number of carboxylic acids is 1. The Morgan fingerprint density at radius 2 is 1.36 bits per heavy atom. The summed E-state index contributed by atoms with van der Waals surface area (Å²) < 4.78 is 5.60. The molecule has 324 valence electrons. The van der Waals surface area contributed by atoms with Crippen LogP contribution in [0.2, 0.25) is 0 Å². The Balaban J connectivity index is 1.04. The van der Waals surface area contributed by atoms with Crippen LogP contribution < -0.4 is 10.6 Å². The molecule has 11 heteroatoms. The van der Waals surface area contributed by atoms with Crippen LogP contribution in [-0.4, -0.2) is 70.5 Å². The Labute approximate surface area is 360 Å². The summed E-state index contributed by atoms with van der Waals surface area (Å²) in [5, 5.41) is 19.3. The zero-order chi connectivity index (χ0) is 42.7. The van der Waals surface area contributed by atoms with E-state index in [9.17, 15) is 19.5 Å². The number of hydrogen-bond donors (Lipinski definition) is 4. The smallest absolute Gasteiger partial charge is 0.348 e. The number of nitrogens with zero attached hydrogens (tertiary/aromatic N) is 2. The fourth-order valence-electron chi connectivity index (χ4n) is 7.84. The van der Waals surface area contributed by atoms with Crippen molar-refractivity contribution >= 4 is 29.6 Å². The van der Waals surface area contributed by atoms with Gasteiger partial charge in [0.25, 0.3) is 5.91 Å². The zero-order valence-electron chi connectivity index (χ0n) is 35.8. The first-order valence-corrected chi connectivity index (χ1v) is 22.6. The quantitative estimate of drug-likeness (QED) is 0.0383. The van der Waals surface area contributed by atoms with Crippen LogP contribution in [0.25, 0.3) is 40.0 Å². The van der Waals surface area contributed by atoms with Crippen LogP contribution in [-0.2, 0) is 19.2 Å². The molecule has 2 amide bonds. The van der Waals surface area contributed by atoms with Gasteiger partial charge in [-0.05, 0) is 48.6 Å². The van der Waals surface area contributed by atoms with Crippen molar-refractivity contribution in [1.82, 2.24) is 20.6 Å². The molecule has 0 spiro atoms. The van der Waals surface area contributed by atoms with Crippen molar-refractivity contribution in [3.05, 3.63) is 95.6 Å². The molecule has 0 radical (unpaired) electrons. The van der Waals surface area contributed by atoms with E-state index in [1.807, 2.05) is 72.8 Å². The van der Waals surface area contributed by atoms with Crippen LogP contribution in [0.5, 0.6) is 0 Å². The number of nitrogens with one attached hydrogen (secondary N) is 3. The number of benzene rings is 3. The summed E-state index contributed by atoms with van der Waals surface area (Å²) >= 11 is 0. The van der Waals surface area contributed by atoms with Gasteiger partial charge in [0.1, 0.15) is 5.82 Å². The van der Waals surface area contributed by atoms with Gasteiger partial charge in [0.15, 0.2) is 0 Å². The van der Waals surface area contributed by atoms with Crippen molar-refractivity contribution in [2.24, 2.45) is 5.16 Å². The molecular formula is C50H63N5O6. The summed E-state index contributed by atoms with van der Waals surface area (Å²) in [6, 6.07) is 23.0. The number of unbranched alkanes of at least 4 members (excludes halogenated alkanes) is 13. The van der Waals surface area contributed by atoms with E-state index in [-0.39, 0.29) is 24.3 Å². The van der Waals surface area contributed by atoms with E-state index in [0.29, 0.717) is 30.2 Å². The lowest BCUT2D eigenvalue weighted by Crippen LogP contribution is -2.30. The number of H-pyrrole nitrogens is 1. The first-order chi connectivity index (χ1) is 29.9. The maximum atomic E-state index is 13.0. The van der Waals surface area contributed by atoms with E-state index in [2.05, 4.69) is 27.7 Å². The minimum Gasteiger partial charge on any atom is -0.478 e. The number of amides is 2. The summed E-state index contributed by atoms with van der Waals surface area (Å²) in [4.78, 5) is 50.5. The fourth-order valence-corrected chi connectivity index (χ4v) is 7.84. The number of hydrogen-bond acceptors (Lipinski definition) is 7. The van der Waals surface area contributed by atoms with Crippen LogP contribution in [0, 0.1) is 0 Å². The van der Waals surface area contributed by atoms with Crippen molar-refractivity contribution in [1.29, 1.82) is 0 Å². The maximum Gasteiger partial charge on any atom is 0.348 e. The lowest BCUT2D eigenvalue weighted by molar-refractivity contribution is -0.148. The summed E-state index contributed by atoms with van der Waals surface area (Å²) in [7, 11) is 0. The predicted octanol–water partition coefficient (Wildman–Crippen LogP) is 10.5. The minimum atomic E-state index is -1.04. The number of aromatic nitrogens is 2. The molecule has 0 bridgehead atoms. The molecule has 2 aliphatic heterocycles. The highest BCUT2D eigenvalue weighted by molar-refractivity contribution is 6.03. The second-order valence-corrected chi connectivity index (χ2v) is 16.3. The minimum absolute atomic E-state index is 0.0800. The molecule has 1 fully saturated rings. The van der Waals surface area contributed by atoms with Crippen molar-refractivity contribution in [3.8, 4) is 33.9 Å². The van der Waals surface area contributed by atoms with Crippen LogP contribution >= 0.6 is 0 Å². The molecule has 2 atom stereocenters. The third kappa shape index (κ3) is 14.0. The van der Waals surface area contributed by atoms with Crippen molar-refractivity contribution < 1.29 is 29.1 Å². The standard InChI is InChI=1S/C50H63N5O6/c1-2-3-4-5-6-7-8-9-10-11-12-13-14-15-32-51-49(57)41-29-27-40(28-30-41)48-53-46(38-21-18-36(19-22-38)20-31-45(56)52-35-42-17-16-33-60-42)47(54-48)39-25-23-37(24-26-39)43-34-44(50(58)59)61-55-43/h18-31,42,44H,2-17,32-35H2,1H3,(H,51,57)(H,52,56)(H,53,54)(H,58,59)/b31-20+. The normalized spacial score (nSPS) is 16.1. The maximum absolute atomic E-state index is 13.0. The predicted molar refractivity (Wildman–Crippen MR) is 242 cm³/mol. The second kappa shape index (κ2) is 24.0. The molecule has 4 aromatic rings. The van der Waals surface area contributed by atoms with Gasteiger partial charge in [-0.15, -0.1) is 0 Å². The molecule has 0 aliphatic carbocycles. The largest absolute Gasteiger partial charge is 0.478 e. The third-order valence-electron chi connectivity index (χ3n) is 11.5. The van der Waals surface area contributed by atoms with E-state index >= 15 is 0 Å². The van der Waals surface area contributed by atoms with Gasteiger partial charge in [-0.3, -0.25) is 9.59 Å². The molecule has 11 nitrogen and oxygen atoms in total. The SMILES string of the molecule is CCCCCCCCCCCCCCCCNC(=O)c1ccc(-c2nc(-c3ccc(C4=NOC(C(=O)O)C4)cc3)c(-c3ccc(/C=C/C(=O)NCC4CCCO4)cc3)[nH]2)cc1. The fraction of sp³-hybridized carbons (Fsp3) is 0.460. The average molecular weight is 830 g/mol. The number of rotatable bonds is 25. The number of carboxylic acid groups (broad SMARTS) is 1. The number of aliphatic carboxylic acids is 1. The Hall–Kier alpha value is -5.55. The van der Waals surface area contributed by atoms with Gasteiger partial charge in [-0.25, -0.2) is 9.78 Å². The lowest BCUT2D eigenvalue weighted by Gasteiger charge is -2.08. The average Bonchev–Trinajstić information content (AvgIpc) is 4.09. The van der Waals surface area contributed by atoms with Crippen molar-refractivity contribution in [2.75, 3.05) is 19.7 Å². The van der Waals surface area contributed by atoms with Gasteiger partial charge in [0.2, 0.25) is 12.0 Å². The van der Waals surface area contributed by atoms with E-state index in [4.69, 9.17) is 14.6 Å². The number of imidazole rings is 1. The lowest BCUT2D eigenvalue weighted by atomic mass is 10.00. The highest BCUT2D eigenvalue weighted by Crippen LogP contribution is 2.34. The molecule has 2 unspecified atom stereocenters. The molecule has 3 heterocycles. The number of oxime groups is 1. The Morgan fingerprint density at radius 1 is 0.754 bits per heavy atom. The number of carbonyl (C=O) groups is 3. The summed E-state index contributed by atoms with van der Waals surface area (Å²) in [6.07, 6.45) is 22.8. The zero-order valence-corrected chi connectivity index (χ0v) is 35.8. The van der Waals surface area contributed by atoms with E-state index in [1.54, 1.807) is 6.08 Å². The van der Waals surface area contributed by atoms with Crippen LogP contribution in [0.3, 0.4) is 0 Å². The topological polar surface area (TPSA) is 155 Å². The molecule has 61 heavy (non-hydrogen) atoms. The van der Waals surface area contributed by atoms with Crippen molar-refractivity contribution in [3.63, 3.8) is 0 Å². The molecular weight excluding hydrogens is 767 g/mol. The van der Waals surface area contributed by atoms with Crippen molar-refractivity contribution in [2.45, 2.75) is 128 Å². The number of carbonyl (C=O) groups excluding carboxylic acids is 2. The Morgan fingerprint density at radius 3 is 1.97 bits per heavy atom. The molecule has 3 aromatic carbocycles. The van der Waals surface area contributed by atoms with Crippen LogP contribution in [0.15, 0.2) is 84.0 Å². The number of ether oxygens (including phenoxy) is 1. The summed E-state index contributed by atoms with van der Waals surface area (Å²) in [6.45, 7) is 4.19. The molecule has 1 aromatic heterocycles. The summed E-state index contributed by atoms with van der Waals surface area (Å²) in [5.74, 6) is -0.639. The van der Waals surface area contributed by atoms with E-state index in [1.165, 1.54) is 83.1 Å². The highest BCUT2D eigenvalue weighted by Gasteiger charge is 2.28. The highest BCUT2D eigenvalue weighted by atomic mass is 16.7. The van der Waals surface area contributed by atoms with Gasteiger partial charge in [0, 0.05) is 54.4 Å². The van der Waals surface area contributed by atoms with Crippen LogP contribution in [0.1, 0.15) is 138 Å². The van der Waals surface area contributed by atoms with Gasteiger partial charge >= 0.3 is 5.97 Å².